The highest BCUT2D eigenvalue weighted by molar-refractivity contribution is 14.0. The lowest BCUT2D eigenvalue weighted by Gasteiger charge is -2.14. The van der Waals surface area contributed by atoms with E-state index in [4.69, 9.17) is 14.2 Å². The summed E-state index contributed by atoms with van der Waals surface area (Å²) in [7, 11) is 4.79. The van der Waals surface area contributed by atoms with Crippen LogP contribution in [0.2, 0.25) is 0 Å². The van der Waals surface area contributed by atoms with Crippen molar-refractivity contribution >= 4 is 29.9 Å². The molecule has 0 heterocycles. The lowest BCUT2D eigenvalue weighted by Crippen LogP contribution is -2.38. The van der Waals surface area contributed by atoms with Gasteiger partial charge in [0.05, 0.1) is 27.9 Å². The highest BCUT2D eigenvalue weighted by Gasteiger charge is 2.11. The van der Waals surface area contributed by atoms with E-state index in [9.17, 15) is 4.39 Å². The lowest BCUT2D eigenvalue weighted by molar-refractivity contribution is 0.347. The van der Waals surface area contributed by atoms with Gasteiger partial charge in [0, 0.05) is 24.7 Å². The van der Waals surface area contributed by atoms with E-state index in [-0.39, 0.29) is 29.8 Å². The van der Waals surface area contributed by atoms with E-state index in [1.54, 1.807) is 39.5 Å². The fraction of sp³-hybridized carbons (Fsp3) is 0.381. The van der Waals surface area contributed by atoms with Crippen molar-refractivity contribution < 1.29 is 18.6 Å². The van der Waals surface area contributed by atoms with Crippen LogP contribution < -0.4 is 24.8 Å². The topological polar surface area (TPSA) is 64.1 Å². The molecule has 0 atom stereocenters. The van der Waals surface area contributed by atoms with Gasteiger partial charge in [-0.1, -0.05) is 12.1 Å². The predicted octanol–water partition coefficient (Wildman–Crippen LogP) is 3.77. The highest BCUT2D eigenvalue weighted by Crippen LogP contribution is 2.34. The second-order valence-electron chi connectivity index (χ2n) is 6.02. The first-order chi connectivity index (χ1) is 13.6. The van der Waals surface area contributed by atoms with E-state index in [0.717, 1.165) is 24.1 Å². The molecule has 0 spiro atoms. The average Bonchev–Trinajstić information content (AvgIpc) is 2.72. The number of nitrogens with one attached hydrogen (secondary N) is 2. The largest absolute Gasteiger partial charge is 0.496 e. The van der Waals surface area contributed by atoms with Gasteiger partial charge in [-0.3, -0.25) is 0 Å². The molecule has 0 amide bonds. The zero-order valence-corrected chi connectivity index (χ0v) is 19.6. The number of hydrogen-bond donors (Lipinski definition) is 2. The number of guanidine groups is 1. The van der Waals surface area contributed by atoms with Crippen molar-refractivity contribution in [1.82, 2.24) is 10.6 Å². The van der Waals surface area contributed by atoms with Crippen LogP contribution in [-0.4, -0.2) is 40.4 Å². The molecule has 6 nitrogen and oxygen atoms in total. The summed E-state index contributed by atoms with van der Waals surface area (Å²) in [6, 6.07) is 10.2. The quantitative estimate of drug-likeness (QED) is 0.301. The van der Waals surface area contributed by atoms with Crippen LogP contribution in [-0.2, 0) is 13.0 Å². The summed E-state index contributed by atoms with van der Waals surface area (Å²) in [4.78, 5) is 4.63. The first-order valence-corrected chi connectivity index (χ1v) is 9.16. The van der Waals surface area contributed by atoms with Crippen molar-refractivity contribution in [3.05, 3.63) is 53.3 Å². The van der Waals surface area contributed by atoms with Gasteiger partial charge in [0.2, 0.25) is 0 Å². The molecule has 2 aromatic rings. The van der Waals surface area contributed by atoms with E-state index < -0.39 is 0 Å². The maximum absolute atomic E-state index is 13.0. The van der Waals surface area contributed by atoms with Crippen LogP contribution in [0.1, 0.15) is 18.1 Å². The van der Waals surface area contributed by atoms with Gasteiger partial charge in [0.1, 0.15) is 11.6 Å². The molecular formula is C21H29FIN3O3. The molecule has 160 valence electrons. The Hall–Kier alpha value is -2.23. The summed E-state index contributed by atoms with van der Waals surface area (Å²) in [5.74, 6) is 2.39. The van der Waals surface area contributed by atoms with E-state index in [1.165, 1.54) is 12.1 Å². The molecule has 2 N–H and O–H groups in total. The third-order valence-electron chi connectivity index (χ3n) is 4.16. The zero-order valence-electron chi connectivity index (χ0n) is 17.3. The molecule has 0 fully saturated rings. The van der Waals surface area contributed by atoms with Gasteiger partial charge < -0.3 is 24.8 Å². The molecule has 8 heteroatoms. The van der Waals surface area contributed by atoms with Gasteiger partial charge in [-0.2, -0.15) is 0 Å². The molecule has 0 saturated carbocycles. The number of hydrogen-bond acceptors (Lipinski definition) is 4. The molecular weight excluding hydrogens is 488 g/mol. The Morgan fingerprint density at radius 1 is 0.931 bits per heavy atom. The van der Waals surface area contributed by atoms with Crippen LogP contribution in [0.3, 0.4) is 0 Å². The van der Waals surface area contributed by atoms with Crippen molar-refractivity contribution in [3.63, 3.8) is 0 Å². The first-order valence-electron chi connectivity index (χ1n) is 9.16. The van der Waals surface area contributed by atoms with Crippen molar-refractivity contribution in [3.8, 4) is 17.2 Å². The van der Waals surface area contributed by atoms with Gasteiger partial charge in [-0.05, 0) is 37.1 Å². The summed E-state index contributed by atoms with van der Waals surface area (Å²) in [6.45, 7) is 3.84. The number of halogens is 2. The lowest BCUT2D eigenvalue weighted by atomic mass is 10.1. The smallest absolute Gasteiger partial charge is 0.191 e. The number of ether oxygens (including phenoxy) is 3. The number of rotatable bonds is 9. The minimum atomic E-state index is -0.226. The second-order valence-corrected chi connectivity index (χ2v) is 6.02. The number of nitrogens with zero attached hydrogens (tertiary/aromatic N) is 1. The minimum Gasteiger partial charge on any atom is -0.496 e. The van der Waals surface area contributed by atoms with Gasteiger partial charge in [0.15, 0.2) is 17.5 Å². The maximum Gasteiger partial charge on any atom is 0.191 e. The normalized spacial score (nSPS) is 10.7. The zero-order chi connectivity index (χ0) is 20.4. The predicted molar refractivity (Wildman–Crippen MR) is 124 cm³/mol. The van der Waals surface area contributed by atoms with Crippen LogP contribution in [0.5, 0.6) is 17.2 Å². The molecule has 2 rings (SSSR count). The van der Waals surface area contributed by atoms with Crippen LogP contribution >= 0.6 is 24.0 Å². The third kappa shape index (κ3) is 7.60. The van der Waals surface area contributed by atoms with Gasteiger partial charge in [-0.15, -0.1) is 24.0 Å². The Labute approximate surface area is 188 Å². The summed E-state index contributed by atoms with van der Waals surface area (Å²) in [6.07, 6.45) is 0.768. The summed E-state index contributed by atoms with van der Waals surface area (Å²) < 4.78 is 29.1. The average molecular weight is 517 g/mol. The van der Waals surface area contributed by atoms with Gasteiger partial charge in [-0.25, -0.2) is 9.38 Å². The van der Waals surface area contributed by atoms with Crippen LogP contribution in [0.25, 0.3) is 0 Å². The van der Waals surface area contributed by atoms with E-state index in [1.807, 2.05) is 13.0 Å². The molecule has 0 radical (unpaired) electrons. The Balaban J connectivity index is 0.00000420. The van der Waals surface area contributed by atoms with Crippen molar-refractivity contribution in [2.24, 2.45) is 4.99 Å². The fourth-order valence-electron chi connectivity index (χ4n) is 2.70. The first kappa shape index (κ1) is 24.8. The highest BCUT2D eigenvalue weighted by atomic mass is 127. The van der Waals surface area contributed by atoms with Crippen molar-refractivity contribution in [2.75, 3.05) is 34.4 Å². The summed E-state index contributed by atoms with van der Waals surface area (Å²) >= 11 is 0. The Kier molecular flexibility index (Phi) is 11.2. The van der Waals surface area contributed by atoms with E-state index in [2.05, 4.69) is 15.6 Å². The SMILES string of the molecule is CCNC(=NCc1cc(OC)c(OC)cc1OC)NCCc1ccc(F)cc1.I. The molecule has 0 bridgehead atoms. The summed E-state index contributed by atoms with van der Waals surface area (Å²) in [5, 5.41) is 6.51. The van der Waals surface area contributed by atoms with E-state index in [0.29, 0.717) is 36.3 Å². The minimum absolute atomic E-state index is 0. The molecule has 0 unspecified atom stereocenters. The van der Waals surface area contributed by atoms with Crippen molar-refractivity contribution in [2.45, 2.75) is 19.9 Å². The molecule has 0 aromatic heterocycles. The van der Waals surface area contributed by atoms with E-state index >= 15 is 0 Å². The Bertz CT molecular complexity index is 785. The molecule has 29 heavy (non-hydrogen) atoms. The molecule has 0 aliphatic carbocycles. The second kappa shape index (κ2) is 13.1. The van der Waals surface area contributed by atoms with Gasteiger partial charge >= 0.3 is 0 Å². The number of benzene rings is 2. The third-order valence-corrected chi connectivity index (χ3v) is 4.16. The standard InChI is InChI=1S/C21H28FN3O3.HI/c1-5-23-21(24-11-10-15-6-8-17(22)9-7-15)25-14-16-12-19(27-3)20(28-4)13-18(16)26-2;/h6-9,12-13H,5,10-11,14H2,1-4H3,(H2,23,24,25);1H. The molecule has 0 saturated heterocycles. The molecule has 0 aliphatic rings. The van der Waals surface area contributed by atoms with Crippen molar-refractivity contribution in [1.29, 1.82) is 0 Å². The monoisotopic (exact) mass is 517 g/mol. The Morgan fingerprint density at radius 2 is 1.55 bits per heavy atom. The van der Waals surface area contributed by atoms with Crippen LogP contribution in [0.4, 0.5) is 4.39 Å². The van der Waals surface area contributed by atoms with Crippen LogP contribution in [0, 0.1) is 5.82 Å². The fourth-order valence-corrected chi connectivity index (χ4v) is 2.70. The number of methoxy groups -OCH3 is 3. The molecule has 0 aliphatic heterocycles. The summed E-state index contributed by atoms with van der Waals surface area (Å²) in [5.41, 5.74) is 1.95. The maximum atomic E-state index is 13.0. The van der Waals surface area contributed by atoms with Crippen LogP contribution in [0.15, 0.2) is 41.4 Å². The number of aliphatic imine (C=N–C) groups is 1. The van der Waals surface area contributed by atoms with Gasteiger partial charge in [0.25, 0.3) is 0 Å². The molecule has 2 aromatic carbocycles. The Morgan fingerprint density at radius 3 is 2.14 bits per heavy atom.